The fourth-order valence-electron chi connectivity index (χ4n) is 2.81. The van der Waals surface area contributed by atoms with E-state index in [4.69, 9.17) is 9.47 Å². The Morgan fingerprint density at radius 1 is 0.852 bits per heavy atom. The molecule has 0 unspecified atom stereocenters. The smallest absolute Gasteiger partial charge is 0.339 e. The van der Waals surface area contributed by atoms with E-state index in [1.165, 1.54) is 0 Å². The molecule has 0 amide bonds. The summed E-state index contributed by atoms with van der Waals surface area (Å²) in [6.07, 6.45) is 4.26. The van der Waals surface area contributed by atoms with Gasteiger partial charge in [-0.2, -0.15) is 0 Å². The van der Waals surface area contributed by atoms with E-state index in [1.54, 1.807) is 24.3 Å². The molecule has 2 aromatic rings. The van der Waals surface area contributed by atoms with Crippen molar-refractivity contribution in [2.45, 2.75) is 46.1 Å². The van der Waals surface area contributed by atoms with Crippen LogP contribution in [0.15, 0.2) is 54.6 Å². The average molecular weight is 368 g/mol. The van der Waals surface area contributed by atoms with Crippen LogP contribution in [0.3, 0.4) is 0 Å². The lowest BCUT2D eigenvalue weighted by atomic mass is 10.0. The molecule has 0 heterocycles. The van der Waals surface area contributed by atoms with Gasteiger partial charge in [-0.15, -0.1) is 0 Å². The van der Waals surface area contributed by atoms with Crippen LogP contribution in [0.1, 0.15) is 65.8 Å². The monoisotopic (exact) mass is 368 g/mol. The fourth-order valence-corrected chi connectivity index (χ4v) is 2.81. The van der Waals surface area contributed by atoms with Crippen LogP contribution in [0, 0.1) is 5.92 Å². The number of benzene rings is 2. The van der Waals surface area contributed by atoms with Gasteiger partial charge in [-0.1, -0.05) is 75.6 Å². The molecule has 0 aliphatic heterocycles. The van der Waals surface area contributed by atoms with E-state index in [0.29, 0.717) is 12.5 Å². The summed E-state index contributed by atoms with van der Waals surface area (Å²) >= 11 is 0. The van der Waals surface area contributed by atoms with Crippen molar-refractivity contribution in [1.29, 1.82) is 0 Å². The van der Waals surface area contributed by atoms with Crippen molar-refractivity contribution in [3.05, 3.63) is 71.3 Å². The van der Waals surface area contributed by atoms with E-state index in [-0.39, 0.29) is 17.7 Å². The van der Waals surface area contributed by atoms with Gasteiger partial charge in [0.2, 0.25) is 0 Å². The molecule has 0 N–H and O–H groups in total. The Balaban J connectivity index is 1.99. The zero-order valence-corrected chi connectivity index (χ0v) is 16.1. The van der Waals surface area contributed by atoms with Gasteiger partial charge in [0.25, 0.3) is 0 Å². The first-order valence-corrected chi connectivity index (χ1v) is 9.62. The average Bonchev–Trinajstić information content (AvgIpc) is 2.72. The molecule has 0 aliphatic rings. The molecule has 1 atom stereocenters. The molecule has 2 rings (SSSR count). The molecular weight excluding hydrogens is 340 g/mol. The molecule has 0 fully saturated rings. The normalized spacial score (nSPS) is 11.6. The van der Waals surface area contributed by atoms with Gasteiger partial charge in [-0.25, -0.2) is 9.59 Å². The third kappa shape index (κ3) is 6.55. The Bertz CT molecular complexity index is 724. The summed E-state index contributed by atoms with van der Waals surface area (Å²) in [5.41, 5.74) is 1.38. The molecule has 4 nitrogen and oxygen atoms in total. The van der Waals surface area contributed by atoms with Crippen LogP contribution in [0.2, 0.25) is 0 Å². The van der Waals surface area contributed by atoms with Gasteiger partial charge in [-0.05, 0) is 30.0 Å². The highest BCUT2D eigenvalue weighted by atomic mass is 16.5. The van der Waals surface area contributed by atoms with Crippen LogP contribution in [0.5, 0.6) is 0 Å². The Kier molecular flexibility index (Phi) is 8.56. The molecule has 0 saturated heterocycles. The largest absolute Gasteiger partial charge is 0.462 e. The first-order valence-electron chi connectivity index (χ1n) is 9.62. The number of esters is 2. The number of rotatable bonds is 10. The molecule has 27 heavy (non-hydrogen) atoms. The zero-order valence-electron chi connectivity index (χ0n) is 16.1. The predicted octanol–water partition coefficient (Wildman–Crippen LogP) is 5.42. The van der Waals surface area contributed by atoms with Crippen molar-refractivity contribution in [3.63, 3.8) is 0 Å². The van der Waals surface area contributed by atoms with Crippen molar-refractivity contribution in [3.8, 4) is 0 Å². The zero-order chi connectivity index (χ0) is 19.5. The highest BCUT2D eigenvalue weighted by Crippen LogP contribution is 2.17. The summed E-state index contributed by atoms with van der Waals surface area (Å²) in [6.45, 7) is 4.79. The molecule has 0 bridgehead atoms. The molecule has 0 radical (unpaired) electrons. The number of unbranched alkanes of at least 4 members (excludes halogenated alkanes) is 1. The third-order valence-electron chi connectivity index (χ3n) is 4.57. The van der Waals surface area contributed by atoms with Gasteiger partial charge in [0.1, 0.15) is 6.61 Å². The van der Waals surface area contributed by atoms with Crippen LogP contribution < -0.4 is 0 Å². The number of hydrogen-bond donors (Lipinski definition) is 0. The number of hydrogen-bond acceptors (Lipinski definition) is 4. The summed E-state index contributed by atoms with van der Waals surface area (Å²) in [7, 11) is 0. The second-order valence-corrected chi connectivity index (χ2v) is 6.62. The van der Waals surface area contributed by atoms with E-state index in [0.717, 1.165) is 31.2 Å². The first-order chi connectivity index (χ1) is 13.2. The molecule has 0 aromatic heterocycles. The SMILES string of the molecule is CCCC[C@H](CC)COC(=O)c1ccccc1C(=O)OCc1ccccc1. The second kappa shape index (κ2) is 11.2. The summed E-state index contributed by atoms with van der Waals surface area (Å²) in [5, 5.41) is 0. The second-order valence-electron chi connectivity index (χ2n) is 6.62. The lowest BCUT2D eigenvalue weighted by Crippen LogP contribution is -2.17. The van der Waals surface area contributed by atoms with E-state index in [1.807, 2.05) is 30.3 Å². The Morgan fingerprint density at radius 2 is 1.44 bits per heavy atom. The standard InChI is InChI=1S/C23H28O4/c1-3-5-11-18(4-2)16-26-22(24)20-14-9-10-15-21(20)23(25)27-17-19-12-7-6-8-13-19/h6-10,12-15,18H,3-5,11,16-17H2,1-2H3/t18-/m0/s1. The van der Waals surface area contributed by atoms with E-state index in [2.05, 4.69) is 13.8 Å². The summed E-state index contributed by atoms with van der Waals surface area (Å²) < 4.78 is 10.8. The summed E-state index contributed by atoms with van der Waals surface area (Å²) in [6, 6.07) is 16.1. The molecule has 144 valence electrons. The molecular formula is C23H28O4. The van der Waals surface area contributed by atoms with Crippen LogP contribution in [-0.4, -0.2) is 18.5 Å². The fraction of sp³-hybridized carbons (Fsp3) is 0.391. The summed E-state index contributed by atoms with van der Waals surface area (Å²) in [4.78, 5) is 25.0. The third-order valence-corrected chi connectivity index (χ3v) is 4.57. The van der Waals surface area contributed by atoms with E-state index in [9.17, 15) is 9.59 Å². The number of ether oxygens (including phenoxy) is 2. The molecule has 0 spiro atoms. The van der Waals surface area contributed by atoms with Crippen molar-refractivity contribution in [2.24, 2.45) is 5.92 Å². The van der Waals surface area contributed by atoms with Crippen molar-refractivity contribution in [2.75, 3.05) is 6.61 Å². The minimum Gasteiger partial charge on any atom is -0.462 e. The maximum Gasteiger partial charge on any atom is 0.339 e. The maximum absolute atomic E-state index is 12.5. The molecule has 0 saturated carbocycles. The molecule has 4 heteroatoms. The maximum atomic E-state index is 12.5. The molecule has 0 aliphatic carbocycles. The lowest BCUT2D eigenvalue weighted by Gasteiger charge is -2.15. The van der Waals surface area contributed by atoms with Gasteiger partial charge in [-0.3, -0.25) is 0 Å². The number of carbonyl (C=O) groups is 2. The predicted molar refractivity (Wildman–Crippen MR) is 106 cm³/mol. The van der Waals surface area contributed by atoms with Crippen LogP contribution in [-0.2, 0) is 16.1 Å². The highest BCUT2D eigenvalue weighted by Gasteiger charge is 2.20. The van der Waals surface area contributed by atoms with Gasteiger partial charge >= 0.3 is 11.9 Å². The van der Waals surface area contributed by atoms with Gasteiger partial charge in [0, 0.05) is 0 Å². The Morgan fingerprint density at radius 3 is 2.04 bits per heavy atom. The molecule has 2 aromatic carbocycles. The van der Waals surface area contributed by atoms with Crippen molar-refractivity contribution >= 4 is 11.9 Å². The minimum absolute atomic E-state index is 0.165. The summed E-state index contributed by atoms with van der Waals surface area (Å²) in [5.74, 6) is -0.646. The van der Waals surface area contributed by atoms with Gasteiger partial charge < -0.3 is 9.47 Å². The van der Waals surface area contributed by atoms with Crippen LogP contribution in [0.4, 0.5) is 0 Å². The Labute approximate surface area is 161 Å². The van der Waals surface area contributed by atoms with Crippen molar-refractivity contribution < 1.29 is 19.1 Å². The van der Waals surface area contributed by atoms with Crippen LogP contribution in [0.25, 0.3) is 0 Å². The van der Waals surface area contributed by atoms with E-state index >= 15 is 0 Å². The highest BCUT2D eigenvalue weighted by molar-refractivity contribution is 6.03. The first kappa shape index (κ1) is 20.7. The minimum atomic E-state index is -0.524. The van der Waals surface area contributed by atoms with Gasteiger partial charge in [0.05, 0.1) is 17.7 Å². The Hall–Kier alpha value is -2.62. The van der Waals surface area contributed by atoms with Gasteiger partial charge in [0.15, 0.2) is 0 Å². The lowest BCUT2D eigenvalue weighted by molar-refractivity contribution is 0.0398. The number of carbonyl (C=O) groups excluding carboxylic acids is 2. The quantitative estimate of drug-likeness (QED) is 0.526. The van der Waals surface area contributed by atoms with Crippen LogP contribution >= 0.6 is 0 Å². The van der Waals surface area contributed by atoms with Crippen molar-refractivity contribution in [1.82, 2.24) is 0 Å². The topological polar surface area (TPSA) is 52.6 Å². The van der Waals surface area contributed by atoms with E-state index < -0.39 is 11.9 Å².